The van der Waals surface area contributed by atoms with E-state index in [1.807, 2.05) is 31.3 Å². The van der Waals surface area contributed by atoms with E-state index < -0.39 is 0 Å². The summed E-state index contributed by atoms with van der Waals surface area (Å²) in [5.41, 5.74) is 2.72. The van der Waals surface area contributed by atoms with Gasteiger partial charge in [-0.25, -0.2) is 9.37 Å². The van der Waals surface area contributed by atoms with Crippen LogP contribution in [0.4, 0.5) is 21.2 Å². The highest BCUT2D eigenvalue weighted by atomic mass is 32.1. The summed E-state index contributed by atoms with van der Waals surface area (Å²) in [5, 5.41) is 4.08. The number of anilines is 3. The average Bonchev–Trinajstić information content (AvgIpc) is 3.40. The minimum absolute atomic E-state index is 0.0208. The predicted octanol–water partition coefficient (Wildman–Crippen LogP) is 5.62. The molecule has 1 aliphatic heterocycles. The van der Waals surface area contributed by atoms with Gasteiger partial charge in [0.05, 0.1) is 0 Å². The lowest BCUT2D eigenvalue weighted by Crippen LogP contribution is -2.44. The molecule has 0 amide bonds. The molecule has 0 spiro atoms. The number of hydrogen-bond acceptors (Lipinski definition) is 8. The van der Waals surface area contributed by atoms with Crippen molar-refractivity contribution in [2.45, 2.75) is 39.5 Å². The van der Waals surface area contributed by atoms with E-state index in [-0.39, 0.29) is 17.2 Å². The zero-order chi connectivity index (χ0) is 24.7. The Labute approximate surface area is 209 Å². The number of thiazole rings is 1. The molecule has 0 atom stereocenters. The number of nitrogens with zero attached hydrogens (tertiary/aromatic N) is 5. The number of ether oxygens (including phenoxy) is 1. The van der Waals surface area contributed by atoms with Crippen molar-refractivity contribution in [2.24, 2.45) is 0 Å². The first-order valence-electron chi connectivity index (χ1n) is 11.9. The van der Waals surface area contributed by atoms with Gasteiger partial charge in [0.1, 0.15) is 23.2 Å². The van der Waals surface area contributed by atoms with Gasteiger partial charge in [-0.3, -0.25) is 0 Å². The van der Waals surface area contributed by atoms with Gasteiger partial charge < -0.3 is 19.9 Å². The number of fused-ring (bicyclic) bond motifs is 1. The molecule has 0 unspecified atom stereocenters. The van der Waals surface area contributed by atoms with Crippen molar-refractivity contribution in [2.75, 3.05) is 43.4 Å². The van der Waals surface area contributed by atoms with E-state index in [0.29, 0.717) is 23.6 Å². The second-order valence-corrected chi connectivity index (χ2v) is 11.4. The molecule has 184 valence electrons. The third kappa shape index (κ3) is 5.31. The van der Waals surface area contributed by atoms with Crippen molar-refractivity contribution in [3.8, 4) is 11.8 Å². The highest BCUT2D eigenvalue weighted by Gasteiger charge is 2.21. The number of piperazine rings is 1. The maximum Gasteiger partial charge on any atom is 0.325 e. The molecule has 0 saturated carbocycles. The molecule has 1 N–H and O–H groups in total. The Kier molecular flexibility index (Phi) is 6.23. The molecule has 1 aliphatic carbocycles. The molecular formula is C26H31FN6OS. The minimum Gasteiger partial charge on any atom is -0.424 e. The molecule has 3 aromatic rings. The molecule has 1 fully saturated rings. The molecule has 2 aliphatic rings. The Morgan fingerprint density at radius 2 is 1.86 bits per heavy atom. The van der Waals surface area contributed by atoms with E-state index in [1.54, 1.807) is 11.3 Å². The molecule has 0 radical (unpaired) electrons. The van der Waals surface area contributed by atoms with E-state index in [4.69, 9.17) is 4.74 Å². The largest absolute Gasteiger partial charge is 0.424 e. The van der Waals surface area contributed by atoms with Crippen LogP contribution in [-0.2, 0) is 11.8 Å². The van der Waals surface area contributed by atoms with Crippen LogP contribution in [-0.4, -0.2) is 53.1 Å². The van der Waals surface area contributed by atoms with Crippen molar-refractivity contribution in [3.63, 3.8) is 0 Å². The quantitative estimate of drug-likeness (QED) is 0.494. The fourth-order valence-electron chi connectivity index (χ4n) is 4.22. The number of nitrogens with one attached hydrogen (secondary N) is 1. The lowest BCUT2D eigenvalue weighted by molar-refractivity contribution is 0.311. The second-order valence-electron chi connectivity index (χ2n) is 10.3. The van der Waals surface area contributed by atoms with Crippen LogP contribution in [0.2, 0.25) is 0 Å². The van der Waals surface area contributed by atoms with Crippen LogP contribution >= 0.6 is 11.3 Å². The maximum atomic E-state index is 14.7. The molecule has 9 heteroatoms. The molecular weight excluding hydrogens is 463 g/mol. The van der Waals surface area contributed by atoms with Crippen molar-refractivity contribution >= 4 is 34.2 Å². The van der Waals surface area contributed by atoms with Gasteiger partial charge in [-0.05, 0) is 43.0 Å². The van der Waals surface area contributed by atoms with Crippen LogP contribution in [0.1, 0.15) is 43.7 Å². The van der Waals surface area contributed by atoms with Gasteiger partial charge in [0.25, 0.3) is 0 Å². The summed E-state index contributed by atoms with van der Waals surface area (Å²) < 4.78 is 20.7. The molecule has 1 saturated heterocycles. The zero-order valence-electron chi connectivity index (χ0n) is 20.9. The maximum absolute atomic E-state index is 14.7. The normalized spacial score (nSPS) is 16.3. The van der Waals surface area contributed by atoms with E-state index in [0.717, 1.165) is 48.3 Å². The van der Waals surface area contributed by atoms with Crippen molar-refractivity contribution in [1.82, 2.24) is 19.9 Å². The molecule has 2 aromatic heterocycles. The van der Waals surface area contributed by atoms with Crippen LogP contribution < -0.4 is 15.0 Å². The number of allylic oxidation sites excluding steroid dienone is 1. The summed E-state index contributed by atoms with van der Waals surface area (Å²) in [6.45, 7) is 12.1. The molecule has 35 heavy (non-hydrogen) atoms. The van der Waals surface area contributed by atoms with Crippen molar-refractivity contribution in [3.05, 3.63) is 51.8 Å². The first-order chi connectivity index (χ1) is 16.6. The van der Waals surface area contributed by atoms with Gasteiger partial charge in [-0.1, -0.05) is 32.4 Å². The van der Waals surface area contributed by atoms with Crippen LogP contribution in [0, 0.1) is 5.82 Å². The average molecular weight is 495 g/mol. The van der Waals surface area contributed by atoms with Gasteiger partial charge >= 0.3 is 6.01 Å². The number of halogens is 1. The minimum atomic E-state index is -0.267. The van der Waals surface area contributed by atoms with Gasteiger partial charge in [-0.15, -0.1) is 11.3 Å². The standard InChI is InChI=1S/C26H31FN6OS/c1-16-10-17-12-18(13-20(27)19(17)11-16)34-24-29-22(30-25-28-15-21(35-25)26(2,3)4)14-23(31-24)33-8-6-32(5)7-9-33/h10,12-15H,6-9,11H2,1-5H3,(H,28,29,30,31). The third-order valence-corrected chi connectivity index (χ3v) is 7.61. The van der Waals surface area contributed by atoms with Gasteiger partial charge in [0.2, 0.25) is 0 Å². The monoisotopic (exact) mass is 494 g/mol. The first kappa shape index (κ1) is 23.7. The summed E-state index contributed by atoms with van der Waals surface area (Å²) in [7, 11) is 2.12. The third-order valence-electron chi connectivity index (χ3n) is 6.27. The Bertz CT molecular complexity index is 1270. The summed E-state index contributed by atoms with van der Waals surface area (Å²) in [4.78, 5) is 19.5. The molecule has 1 aromatic carbocycles. The Balaban J connectivity index is 1.46. The number of likely N-dealkylation sites (N-methyl/N-ethyl adjacent to an activating group) is 1. The van der Waals surface area contributed by atoms with Gasteiger partial charge in [0, 0.05) is 49.4 Å². The zero-order valence-corrected chi connectivity index (χ0v) is 21.7. The molecule has 0 bridgehead atoms. The highest BCUT2D eigenvalue weighted by Crippen LogP contribution is 2.34. The van der Waals surface area contributed by atoms with Gasteiger partial charge in [0.15, 0.2) is 5.13 Å². The van der Waals surface area contributed by atoms with Crippen LogP contribution in [0.25, 0.3) is 6.08 Å². The van der Waals surface area contributed by atoms with Crippen LogP contribution in [0.3, 0.4) is 0 Å². The fraction of sp³-hybridized carbons (Fsp3) is 0.423. The first-order valence-corrected chi connectivity index (χ1v) is 12.7. The topological polar surface area (TPSA) is 66.4 Å². The van der Waals surface area contributed by atoms with Gasteiger partial charge in [-0.2, -0.15) is 9.97 Å². The smallest absolute Gasteiger partial charge is 0.325 e. The van der Waals surface area contributed by atoms with E-state index >= 15 is 0 Å². The lowest BCUT2D eigenvalue weighted by atomic mass is 9.96. The number of benzene rings is 1. The summed E-state index contributed by atoms with van der Waals surface area (Å²) in [5.74, 6) is 1.49. The summed E-state index contributed by atoms with van der Waals surface area (Å²) in [6.07, 6.45) is 4.53. The number of aromatic nitrogens is 3. The highest BCUT2D eigenvalue weighted by molar-refractivity contribution is 7.15. The second kappa shape index (κ2) is 9.20. The van der Waals surface area contributed by atoms with Crippen molar-refractivity contribution in [1.29, 1.82) is 0 Å². The van der Waals surface area contributed by atoms with Crippen LogP contribution in [0.15, 0.2) is 30.0 Å². The van der Waals surface area contributed by atoms with E-state index in [1.165, 1.54) is 10.9 Å². The Morgan fingerprint density at radius 1 is 1.09 bits per heavy atom. The fourth-order valence-corrected chi connectivity index (χ4v) is 5.10. The SMILES string of the molecule is CC1=Cc2cc(Oc3nc(Nc4ncc(C(C)(C)C)s4)cc(N4CCN(C)CC4)n3)cc(F)c2C1. The Morgan fingerprint density at radius 3 is 2.57 bits per heavy atom. The van der Waals surface area contributed by atoms with Crippen molar-refractivity contribution < 1.29 is 9.13 Å². The molecule has 3 heterocycles. The number of rotatable bonds is 5. The lowest BCUT2D eigenvalue weighted by Gasteiger charge is -2.33. The Hall–Kier alpha value is -3.04. The molecule has 5 rings (SSSR count). The predicted molar refractivity (Wildman–Crippen MR) is 140 cm³/mol. The summed E-state index contributed by atoms with van der Waals surface area (Å²) in [6, 6.07) is 5.37. The van der Waals surface area contributed by atoms with E-state index in [9.17, 15) is 4.39 Å². The summed E-state index contributed by atoms with van der Waals surface area (Å²) >= 11 is 1.60. The number of hydrogen-bond donors (Lipinski definition) is 1. The van der Waals surface area contributed by atoms with Crippen LogP contribution in [0.5, 0.6) is 11.8 Å². The van der Waals surface area contributed by atoms with E-state index in [2.05, 4.69) is 57.9 Å². The molecule has 7 nitrogen and oxygen atoms in total.